The molecule has 0 saturated heterocycles. The molecule has 18 heavy (non-hydrogen) atoms. The van der Waals surface area contributed by atoms with Crippen molar-refractivity contribution >= 4 is 17.3 Å². The fraction of sp³-hybridized carbons (Fsp3) is 0.600. The zero-order valence-corrected chi connectivity index (χ0v) is 11.3. The minimum absolute atomic E-state index is 0.236. The molecule has 1 unspecified atom stereocenters. The van der Waals surface area contributed by atoms with Gasteiger partial charge in [0.25, 0.3) is 0 Å². The summed E-state index contributed by atoms with van der Waals surface area (Å²) < 4.78 is 13.8. The van der Waals surface area contributed by atoms with Crippen molar-refractivity contribution in [1.29, 1.82) is 0 Å². The van der Waals surface area contributed by atoms with Gasteiger partial charge in [0.2, 0.25) is 0 Å². The van der Waals surface area contributed by atoms with Gasteiger partial charge in [0, 0.05) is 11.1 Å². The van der Waals surface area contributed by atoms with Crippen LogP contribution in [0.1, 0.15) is 44.9 Å². The SMILES string of the molecule is Fc1cc(Cl)ccc1NC1CCC12CCCCC2. The molecule has 98 valence electrons. The maximum Gasteiger partial charge on any atom is 0.147 e. The Balaban J connectivity index is 1.72. The van der Waals surface area contributed by atoms with Gasteiger partial charge in [-0.05, 0) is 49.3 Å². The van der Waals surface area contributed by atoms with Crippen LogP contribution >= 0.6 is 11.6 Å². The highest BCUT2D eigenvalue weighted by molar-refractivity contribution is 6.30. The Labute approximate surface area is 113 Å². The number of hydrogen-bond acceptors (Lipinski definition) is 1. The highest BCUT2D eigenvalue weighted by Gasteiger charge is 2.46. The number of anilines is 1. The molecule has 0 aromatic heterocycles. The highest BCUT2D eigenvalue weighted by Crippen LogP contribution is 2.52. The van der Waals surface area contributed by atoms with Crippen LogP contribution in [0.25, 0.3) is 0 Å². The first-order chi connectivity index (χ1) is 8.70. The van der Waals surface area contributed by atoms with E-state index >= 15 is 0 Å². The second kappa shape index (κ2) is 4.73. The zero-order valence-electron chi connectivity index (χ0n) is 10.5. The summed E-state index contributed by atoms with van der Waals surface area (Å²) in [5, 5.41) is 3.86. The Morgan fingerprint density at radius 1 is 1.17 bits per heavy atom. The minimum atomic E-state index is -0.236. The predicted octanol–water partition coefficient (Wildman–Crippen LogP) is 5.00. The van der Waals surface area contributed by atoms with Crippen LogP contribution in [0.2, 0.25) is 5.02 Å². The third-order valence-corrected chi connectivity index (χ3v) is 5.02. The van der Waals surface area contributed by atoms with Crippen molar-refractivity contribution in [2.45, 2.75) is 51.0 Å². The van der Waals surface area contributed by atoms with Gasteiger partial charge in [-0.15, -0.1) is 0 Å². The van der Waals surface area contributed by atoms with Crippen LogP contribution in [-0.2, 0) is 0 Å². The van der Waals surface area contributed by atoms with Crippen LogP contribution < -0.4 is 5.32 Å². The van der Waals surface area contributed by atoms with Gasteiger partial charge in [0.05, 0.1) is 5.69 Å². The third-order valence-electron chi connectivity index (χ3n) is 4.78. The molecule has 1 aromatic rings. The van der Waals surface area contributed by atoms with Crippen molar-refractivity contribution in [1.82, 2.24) is 0 Å². The Morgan fingerprint density at radius 2 is 1.94 bits per heavy atom. The molecular formula is C15H19ClFN. The second-order valence-electron chi connectivity index (χ2n) is 5.78. The molecule has 0 radical (unpaired) electrons. The number of halogens is 2. The van der Waals surface area contributed by atoms with Crippen molar-refractivity contribution in [2.24, 2.45) is 5.41 Å². The van der Waals surface area contributed by atoms with E-state index in [1.165, 1.54) is 51.0 Å². The number of benzene rings is 1. The van der Waals surface area contributed by atoms with Gasteiger partial charge in [-0.25, -0.2) is 4.39 Å². The molecule has 2 saturated carbocycles. The van der Waals surface area contributed by atoms with Crippen LogP contribution in [0.3, 0.4) is 0 Å². The van der Waals surface area contributed by atoms with Gasteiger partial charge in [0.15, 0.2) is 0 Å². The maximum absolute atomic E-state index is 13.8. The van der Waals surface area contributed by atoms with Gasteiger partial charge in [-0.1, -0.05) is 30.9 Å². The van der Waals surface area contributed by atoms with Crippen molar-refractivity contribution in [3.8, 4) is 0 Å². The molecule has 1 spiro atoms. The number of nitrogens with one attached hydrogen (secondary N) is 1. The Morgan fingerprint density at radius 3 is 2.56 bits per heavy atom. The Kier molecular flexibility index (Phi) is 3.23. The summed E-state index contributed by atoms with van der Waals surface area (Å²) in [4.78, 5) is 0. The summed E-state index contributed by atoms with van der Waals surface area (Å²) in [5.41, 5.74) is 1.05. The van der Waals surface area contributed by atoms with Gasteiger partial charge in [0.1, 0.15) is 5.82 Å². The van der Waals surface area contributed by atoms with E-state index < -0.39 is 0 Å². The molecular weight excluding hydrogens is 249 g/mol. The second-order valence-corrected chi connectivity index (χ2v) is 6.22. The first-order valence-corrected chi connectivity index (χ1v) is 7.29. The maximum atomic E-state index is 13.8. The van der Waals surface area contributed by atoms with E-state index in [4.69, 9.17) is 11.6 Å². The van der Waals surface area contributed by atoms with Gasteiger partial charge < -0.3 is 5.32 Å². The van der Waals surface area contributed by atoms with E-state index in [-0.39, 0.29) is 5.82 Å². The summed E-state index contributed by atoms with van der Waals surface area (Å²) in [6.07, 6.45) is 9.12. The molecule has 1 atom stereocenters. The van der Waals surface area contributed by atoms with Crippen LogP contribution in [0.15, 0.2) is 18.2 Å². The predicted molar refractivity (Wildman–Crippen MR) is 73.6 cm³/mol. The van der Waals surface area contributed by atoms with E-state index in [1.807, 2.05) is 0 Å². The normalized spacial score (nSPS) is 25.8. The lowest BCUT2D eigenvalue weighted by Crippen LogP contribution is -2.50. The van der Waals surface area contributed by atoms with Crippen LogP contribution in [0.5, 0.6) is 0 Å². The molecule has 2 aliphatic rings. The lowest BCUT2D eigenvalue weighted by atomic mass is 9.57. The Bertz CT molecular complexity index is 440. The molecule has 1 aromatic carbocycles. The average molecular weight is 268 g/mol. The zero-order chi connectivity index (χ0) is 12.6. The summed E-state index contributed by atoms with van der Waals surface area (Å²) in [6.45, 7) is 0. The molecule has 2 aliphatic carbocycles. The third kappa shape index (κ3) is 2.11. The smallest absolute Gasteiger partial charge is 0.147 e. The fourth-order valence-corrected chi connectivity index (χ4v) is 3.73. The summed E-state index contributed by atoms with van der Waals surface area (Å²) in [6, 6.07) is 5.34. The van der Waals surface area contributed by atoms with E-state index in [1.54, 1.807) is 12.1 Å². The van der Waals surface area contributed by atoms with Gasteiger partial charge in [-0.2, -0.15) is 0 Å². The van der Waals surface area contributed by atoms with Crippen molar-refractivity contribution in [3.63, 3.8) is 0 Å². The van der Waals surface area contributed by atoms with Gasteiger partial charge >= 0.3 is 0 Å². The first kappa shape index (κ1) is 12.3. The minimum Gasteiger partial charge on any atom is -0.379 e. The van der Waals surface area contributed by atoms with E-state index in [9.17, 15) is 4.39 Å². The molecule has 0 aliphatic heterocycles. The lowest BCUT2D eigenvalue weighted by Gasteiger charge is -2.52. The first-order valence-electron chi connectivity index (χ1n) is 6.91. The largest absolute Gasteiger partial charge is 0.379 e. The number of rotatable bonds is 2. The molecule has 1 N–H and O–H groups in total. The lowest BCUT2D eigenvalue weighted by molar-refractivity contribution is 0.0569. The summed E-state index contributed by atoms with van der Waals surface area (Å²) in [5.74, 6) is -0.236. The number of hydrogen-bond donors (Lipinski definition) is 1. The topological polar surface area (TPSA) is 12.0 Å². The van der Waals surface area contributed by atoms with Crippen LogP contribution in [0.4, 0.5) is 10.1 Å². The van der Waals surface area contributed by atoms with Crippen molar-refractivity contribution in [3.05, 3.63) is 29.0 Å². The fourth-order valence-electron chi connectivity index (χ4n) is 3.57. The monoisotopic (exact) mass is 267 g/mol. The summed E-state index contributed by atoms with van der Waals surface area (Å²) in [7, 11) is 0. The van der Waals surface area contributed by atoms with Crippen LogP contribution in [0, 0.1) is 11.2 Å². The summed E-state index contributed by atoms with van der Waals surface area (Å²) >= 11 is 5.78. The highest BCUT2D eigenvalue weighted by atomic mass is 35.5. The molecule has 0 amide bonds. The van der Waals surface area contributed by atoms with Gasteiger partial charge in [-0.3, -0.25) is 0 Å². The molecule has 3 heteroatoms. The van der Waals surface area contributed by atoms with E-state index in [2.05, 4.69) is 5.32 Å². The molecule has 1 nitrogen and oxygen atoms in total. The van der Waals surface area contributed by atoms with Crippen LogP contribution in [-0.4, -0.2) is 6.04 Å². The average Bonchev–Trinajstić information content (AvgIpc) is 2.37. The molecule has 0 bridgehead atoms. The molecule has 2 fully saturated rings. The molecule has 3 rings (SSSR count). The standard InChI is InChI=1S/C15H19ClFN/c16-11-4-5-13(12(17)10-11)18-14-6-9-15(14)7-2-1-3-8-15/h4-5,10,14,18H,1-3,6-9H2. The molecule has 0 heterocycles. The van der Waals surface area contributed by atoms with Crippen molar-refractivity contribution in [2.75, 3.05) is 5.32 Å². The van der Waals surface area contributed by atoms with E-state index in [0.717, 1.165) is 0 Å². The van der Waals surface area contributed by atoms with E-state index in [0.29, 0.717) is 22.2 Å². The quantitative estimate of drug-likeness (QED) is 0.795. The Hall–Kier alpha value is -0.760. The van der Waals surface area contributed by atoms with Crippen molar-refractivity contribution < 1.29 is 4.39 Å².